The molecule has 0 aliphatic heterocycles. The molecular weight excluding hydrogens is 246 g/mol. The van der Waals surface area contributed by atoms with Crippen LogP contribution in [0.5, 0.6) is 5.75 Å². The number of aryl methyl sites for hydroxylation is 1. The Balaban J connectivity index is 2.14. The summed E-state index contributed by atoms with van der Waals surface area (Å²) >= 11 is 0. The highest BCUT2D eigenvalue weighted by molar-refractivity contribution is 5.33. The summed E-state index contributed by atoms with van der Waals surface area (Å²) in [6.45, 7) is 10.1. The molecule has 112 valence electrons. The Bertz CT molecular complexity index is 427. The summed E-state index contributed by atoms with van der Waals surface area (Å²) in [6.07, 6.45) is 4.92. The van der Waals surface area contributed by atoms with Gasteiger partial charge in [-0.1, -0.05) is 45.9 Å². The van der Waals surface area contributed by atoms with Crippen LogP contribution >= 0.6 is 0 Å². The lowest BCUT2D eigenvalue weighted by atomic mass is 9.74. The number of likely N-dealkylation sites (N-methyl/N-ethyl adjacent to an activating group) is 1. The monoisotopic (exact) mass is 275 g/mol. The summed E-state index contributed by atoms with van der Waals surface area (Å²) in [5.74, 6) is 1.07. The second-order valence-electron chi connectivity index (χ2n) is 6.69. The molecule has 1 aromatic rings. The molecule has 2 heteroatoms. The minimum atomic E-state index is 0.284. The molecule has 0 saturated heterocycles. The Morgan fingerprint density at radius 2 is 2.00 bits per heavy atom. The molecule has 1 fully saturated rings. The maximum Gasteiger partial charge on any atom is 0.122 e. The van der Waals surface area contributed by atoms with Crippen LogP contribution in [-0.2, 0) is 6.42 Å². The van der Waals surface area contributed by atoms with E-state index in [0.717, 1.165) is 25.1 Å². The third kappa shape index (κ3) is 3.76. The lowest BCUT2D eigenvalue weighted by Gasteiger charge is -2.41. The van der Waals surface area contributed by atoms with E-state index in [1.807, 2.05) is 0 Å². The molecule has 1 N–H and O–H groups in total. The largest absolute Gasteiger partial charge is 0.489 e. The van der Waals surface area contributed by atoms with Crippen molar-refractivity contribution >= 4 is 0 Å². The van der Waals surface area contributed by atoms with E-state index in [9.17, 15) is 0 Å². The van der Waals surface area contributed by atoms with Gasteiger partial charge in [0.15, 0.2) is 0 Å². The fourth-order valence-electron chi connectivity index (χ4n) is 3.21. The van der Waals surface area contributed by atoms with E-state index in [0.29, 0.717) is 11.5 Å². The average Bonchev–Trinajstić information content (AvgIpc) is 2.42. The number of ether oxygens (including phenoxy) is 1. The Hall–Kier alpha value is -1.02. The van der Waals surface area contributed by atoms with E-state index in [1.165, 1.54) is 18.4 Å². The number of nitrogens with one attached hydrogen (secondary N) is 1. The van der Waals surface area contributed by atoms with Gasteiger partial charge in [-0.15, -0.1) is 0 Å². The minimum Gasteiger partial charge on any atom is -0.489 e. The fourth-order valence-corrected chi connectivity index (χ4v) is 3.21. The van der Waals surface area contributed by atoms with E-state index in [2.05, 4.69) is 57.3 Å². The quantitative estimate of drug-likeness (QED) is 0.870. The highest BCUT2D eigenvalue weighted by atomic mass is 16.5. The van der Waals surface area contributed by atoms with Crippen molar-refractivity contribution < 1.29 is 4.74 Å². The highest BCUT2D eigenvalue weighted by Crippen LogP contribution is 2.37. The van der Waals surface area contributed by atoms with E-state index in [4.69, 9.17) is 4.74 Å². The number of benzene rings is 1. The molecule has 1 aromatic carbocycles. The molecule has 2 atom stereocenters. The molecule has 2 nitrogen and oxygen atoms in total. The normalized spacial score (nSPS) is 25.4. The van der Waals surface area contributed by atoms with Crippen LogP contribution in [0.4, 0.5) is 0 Å². The second kappa shape index (κ2) is 6.62. The maximum absolute atomic E-state index is 6.42. The number of hydrogen-bond acceptors (Lipinski definition) is 2. The standard InChI is InChI=1S/C18H29NO/c1-5-14-9-7-8-10-16(14)20-17-13-18(3,4)12-11-15(17)19-6-2/h7-10,15,17,19H,5-6,11-13H2,1-4H3. The molecule has 0 radical (unpaired) electrons. The third-order valence-electron chi connectivity index (χ3n) is 4.43. The van der Waals surface area contributed by atoms with Gasteiger partial charge >= 0.3 is 0 Å². The molecule has 0 aromatic heterocycles. The van der Waals surface area contributed by atoms with Gasteiger partial charge in [0, 0.05) is 6.04 Å². The van der Waals surface area contributed by atoms with E-state index < -0.39 is 0 Å². The van der Waals surface area contributed by atoms with Crippen LogP contribution in [-0.4, -0.2) is 18.7 Å². The molecule has 0 bridgehead atoms. The van der Waals surface area contributed by atoms with Gasteiger partial charge in [0.1, 0.15) is 11.9 Å². The van der Waals surface area contributed by atoms with Crippen LogP contribution in [0.3, 0.4) is 0 Å². The van der Waals surface area contributed by atoms with Gasteiger partial charge in [0.2, 0.25) is 0 Å². The summed E-state index contributed by atoms with van der Waals surface area (Å²) in [6, 6.07) is 8.94. The van der Waals surface area contributed by atoms with Gasteiger partial charge in [-0.25, -0.2) is 0 Å². The van der Waals surface area contributed by atoms with Gasteiger partial charge in [0.25, 0.3) is 0 Å². The van der Waals surface area contributed by atoms with Crippen LogP contribution in [0.25, 0.3) is 0 Å². The SMILES string of the molecule is CCNC1CCC(C)(C)CC1Oc1ccccc1CC. The minimum absolute atomic E-state index is 0.284. The van der Waals surface area contributed by atoms with Gasteiger partial charge in [0.05, 0.1) is 0 Å². The lowest BCUT2D eigenvalue weighted by Crippen LogP contribution is -2.49. The predicted octanol–water partition coefficient (Wildman–Crippen LogP) is 4.18. The Kier molecular flexibility index (Phi) is 5.09. The molecule has 0 spiro atoms. The van der Waals surface area contributed by atoms with E-state index in [1.54, 1.807) is 0 Å². The van der Waals surface area contributed by atoms with Crippen molar-refractivity contribution in [2.45, 2.75) is 65.5 Å². The lowest BCUT2D eigenvalue weighted by molar-refractivity contribution is 0.0530. The fraction of sp³-hybridized carbons (Fsp3) is 0.667. The van der Waals surface area contributed by atoms with Crippen LogP contribution in [0.15, 0.2) is 24.3 Å². The summed E-state index contributed by atoms with van der Waals surface area (Å²) in [4.78, 5) is 0. The molecule has 1 aliphatic carbocycles. The molecular formula is C18H29NO. The Labute approximate surface area is 123 Å². The van der Waals surface area contributed by atoms with Crippen LogP contribution in [0, 0.1) is 5.41 Å². The van der Waals surface area contributed by atoms with E-state index in [-0.39, 0.29) is 6.10 Å². The number of hydrogen-bond donors (Lipinski definition) is 1. The molecule has 0 amide bonds. The number of rotatable bonds is 5. The van der Waals surface area contributed by atoms with Gasteiger partial charge in [-0.3, -0.25) is 0 Å². The average molecular weight is 275 g/mol. The molecule has 1 saturated carbocycles. The maximum atomic E-state index is 6.42. The van der Waals surface area contributed by atoms with Crippen LogP contribution in [0.1, 0.15) is 52.5 Å². The predicted molar refractivity (Wildman–Crippen MR) is 85.3 cm³/mol. The molecule has 0 heterocycles. The van der Waals surface area contributed by atoms with Crippen LogP contribution in [0.2, 0.25) is 0 Å². The molecule has 20 heavy (non-hydrogen) atoms. The highest BCUT2D eigenvalue weighted by Gasteiger charge is 2.36. The van der Waals surface area contributed by atoms with Crippen molar-refractivity contribution in [2.24, 2.45) is 5.41 Å². The van der Waals surface area contributed by atoms with Gasteiger partial charge in [-0.05, 0) is 49.3 Å². The smallest absolute Gasteiger partial charge is 0.122 e. The van der Waals surface area contributed by atoms with Crippen molar-refractivity contribution in [2.75, 3.05) is 6.54 Å². The van der Waals surface area contributed by atoms with Gasteiger partial charge in [-0.2, -0.15) is 0 Å². The van der Waals surface area contributed by atoms with Crippen molar-refractivity contribution in [1.82, 2.24) is 5.32 Å². The van der Waals surface area contributed by atoms with Gasteiger partial charge < -0.3 is 10.1 Å². The summed E-state index contributed by atoms with van der Waals surface area (Å²) in [5, 5.41) is 3.61. The van der Waals surface area contributed by atoms with Crippen molar-refractivity contribution in [1.29, 1.82) is 0 Å². The van der Waals surface area contributed by atoms with Crippen molar-refractivity contribution in [3.8, 4) is 5.75 Å². The zero-order chi connectivity index (χ0) is 14.6. The topological polar surface area (TPSA) is 21.3 Å². The Morgan fingerprint density at radius 3 is 2.70 bits per heavy atom. The first-order valence-corrected chi connectivity index (χ1v) is 8.03. The number of para-hydroxylation sites is 1. The zero-order valence-electron chi connectivity index (χ0n) is 13.4. The van der Waals surface area contributed by atoms with Crippen molar-refractivity contribution in [3.63, 3.8) is 0 Å². The zero-order valence-corrected chi connectivity index (χ0v) is 13.4. The first-order chi connectivity index (χ1) is 9.55. The summed E-state index contributed by atoms with van der Waals surface area (Å²) in [7, 11) is 0. The second-order valence-corrected chi connectivity index (χ2v) is 6.69. The first kappa shape index (κ1) is 15.4. The van der Waals surface area contributed by atoms with Crippen LogP contribution < -0.4 is 10.1 Å². The summed E-state index contributed by atoms with van der Waals surface area (Å²) < 4.78 is 6.42. The molecule has 1 aliphatic rings. The van der Waals surface area contributed by atoms with E-state index >= 15 is 0 Å². The molecule has 2 unspecified atom stereocenters. The summed E-state index contributed by atoms with van der Waals surface area (Å²) in [5.41, 5.74) is 1.70. The Morgan fingerprint density at radius 1 is 1.25 bits per heavy atom. The third-order valence-corrected chi connectivity index (χ3v) is 4.43. The molecule has 2 rings (SSSR count). The van der Waals surface area contributed by atoms with Crippen molar-refractivity contribution in [3.05, 3.63) is 29.8 Å². The first-order valence-electron chi connectivity index (χ1n) is 8.03.